The van der Waals surface area contributed by atoms with Crippen LogP contribution in [0.25, 0.3) is 11.4 Å². The summed E-state index contributed by atoms with van der Waals surface area (Å²) in [6.45, 7) is 0.577. The highest BCUT2D eigenvalue weighted by atomic mass is 16.5. The van der Waals surface area contributed by atoms with E-state index in [2.05, 4.69) is 22.2 Å². The van der Waals surface area contributed by atoms with Gasteiger partial charge in [-0.05, 0) is 42.7 Å². The highest BCUT2D eigenvalue weighted by molar-refractivity contribution is 5.56. The third-order valence-corrected chi connectivity index (χ3v) is 4.10. The minimum Gasteiger partial charge on any atom is -0.489 e. The lowest BCUT2D eigenvalue weighted by atomic mass is 10.2. The van der Waals surface area contributed by atoms with Gasteiger partial charge in [0.25, 0.3) is 0 Å². The Kier molecular flexibility index (Phi) is 3.58. The first kappa shape index (κ1) is 14.0. The van der Waals surface area contributed by atoms with Gasteiger partial charge >= 0.3 is 0 Å². The number of aryl methyl sites for hydroxylation is 1. The van der Waals surface area contributed by atoms with Crippen LogP contribution in [0.15, 0.2) is 54.6 Å². The fourth-order valence-electron chi connectivity index (χ4n) is 2.66. The molecular formula is C19H19N3O. The van der Waals surface area contributed by atoms with Gasteiger partial charge in [0.15, 0.2) is 5.82 Å². The predicted octanol–water partition coefficient (Wildman–Crippen LogP) is 3.94. The van der Waals surface area contributed by atoms with Crippen LogP contribution in [0.4, 0.5) is 0 Å². The number of rotatable bonds is 5. The Balaban J connectivity index is 1.46. The minimum atomic E-state index is 0.577. The van der Waals surface area contributed by atoms with Gasteiger partial charge in [-0.1, -0.05) is 30.3 Å². The Bertz CT molecular complexity index is 789. The predicted molar refractivity (Wildman–Crippen MR) is 89.2 cm³/mol. The maximum atomic E-state index is 5.81. The van der Waals surface area contributed by atoms with Crippen LogP contribution in [0.3, 0.4) is 0 Å². The first-order valence-electron chi connectivity index (χ1n) is 7.98. The van der Waals surface area contributed by atoms with E-state index in [1.165, 1.54) is 12.8 Å². The summed E-state index contributed by atoms with van der Waals surface area (Å²) < 4.78 is 7.72. The standard InChI is InChI=1S/C19H19N3O/c1-22-19(16-7-8-16)20-18(21-22)15-9-11-17(12-10-15)23-13-14-5-3-2-4-6-14/h2-6,9-12,16H,7-8,13H2,1H3. The molecule has 4 rings (SSSR count). The summed E-state index contributed by atoms with van der Waals surface area (Å²) in [6, 6.07) is 18.2. The summed E-state index contributed by atoms with van der Waals surface area (Å²) in [5.74, 6) is 3.36. The number of hydrogen-bond donors (Lipinski definition) is 0. The molecule has 0 spiro atoms. The van der Waals surface area contributed by atoms with Crippen LogP contribution in [-0.4, -0.2) is 14.8 Å². The van der Waals surface area contributed by atoms with Crippen molar-refractivity contribution in [3.05, 3.63) is 66.0 Å². The smallest absolute Gasteiger partial charge is 0.181 e. The van der Waals surface area contributed by atoms with Gasteiger partial charge in [-0.2, -0.15) is 5.10 Å². The van der Waals surface area contributed by atoms with Crippen molar-refractivity contribution < 1.29 is 4.74 Å². The Morgan fingerprint density at radius 3 is 2.48 bits per heavy atom. The van der Waals surface area contributed by atoms with Crippen LogP contribution in [0.2, 0.25) is 0 Å². The highest BCUT2D eigenvalue weighted by Gasteiger charge is 2.29. The highest BCUT2D eigenvalue weighted by Crippen LogP contribution is 2.39. The molecule has 0 amide bonds. The molecule has 1 aliphatic rings. The van der Waals surface area contributed by atoms with Crippen LogP contribution in [0.1, 0.15) is 30.1 Å². The van der Waals surface area contributed by atoms with Gasteiger partial charge in [0.2, 0.25) is 0 Å². The van der Waals surface area contributed by atoms with E-state index >= 15 is 0 Å². The number of nitrogens with zero attached hydrogens (tertiary/aromatic N) is 3. The summed E-state index contributed by atoms with van der Waals surface area (Å²) in [4.78, 5) is 4.68. The monoisotopic (exact) mass is 305 g/mol. The molecular weight excluding hydrogens is 286 g/mol. The number of aromatic nitrogens is 3. The summed E-state index contributed by atoms with van der Waals surface area (Å²) in [7, 11) is 1.97. The zero-order valence-electron chi connectivity index (χ0n) is 13.1. The Labute approximate surface area is 135 Å². The molecule has 0 N–H and O–H groups in total. The molecule has 0 atom stereocenters. The third-order valence-electron chi connectivity index (χ3n) is 4.10. The Morgan fingerprint density at radius 1 is 1.04 bits per heavy atom. The number of hydrogen-bond acceptors (Lipinski definition) is 3. The van der Waals surface area contributed by atoms with Crippen molar-refractivity contribution in [1.29, 1.82) is 0 Å². The van der Waals surface area contributed by atoms with E-state index in [9.17, 15) is 0 Å². The molecule has 1 aliphatic carbocycles. The molecule has 0 radical (unpaired) electrons. The Morgan fingerprint density at radius 2 is 1.78 bits per heavy atom. The van der Waals surface area contributed by atoms with E-state index < -0.39 is 0 Å². The molecule has 1 saturated carbocycles. The van der Waals surface area contributed by atoms with Crippen LogP contribution in [0, 0.1) is 0 Å². The zero-order valence-corrected chi connectivity index (χ0v) is 13.1. The molecule has 0 unspecified atom stereocenters. The molecule has 116 valence electrons. The molecule has 2 aromatic carbocycles. The second kappa shape index (κ2) is 5.88. The number of ether oxygens (including phenoxy) is 1. The van der Waals surface area contributed by atoms with Crippen molar-refractivity contribution in [1.82, 2.24) is 14.8 Å². The maximum Gasteiger partial charge on any atom is 0.181 e. The van der Waals surface area contributed by atoms with Gasteiger partial charge in [0.1, 0.15) is 18.2 Å². The molecule has 1 fully saturated rings. The van der Waals surface area contributed by atoms with Crippen molar-refractivity contribution in [2.24, 2.45) is 7.05 Å². The van der Waals surface area contributed by atoms with E-state index in [4.69, 9.17) is 4.74 Å². The first-order chi connectivity index (χ1) is 11.3. The summed E-state index contributed by atoms with van der Waals surface area (Å²) >= 11 is 0. The molecule has 1 heterocycles. The second-order valence-electron chi connectivity index (χ2n) is 5.99. The van der Waals surface area contributed by atoms with E-state index in [1.807, 2.05) is 54.2 Å². The fourth-order valence-corrected chi connectivity index (χ4v) is 2.66. The van der Waals surface area contributed by atoms with Crippen molar-refractivity contribution in [2.45, 2.75) is 25.4 Å². The molecule has 0 aliphatic heterocycles. The van der Waals surface area contributed by atoms with E-state index in [0.717, 1.165) is 28.5 Å². The maximum absolute atomic E-state index is 5.81. The van der Waals surface area contributed by atoms with Gasteiger partial charge in [-0.3, -0.25) is 4.68 Å². The van der Waals surface area contributed by atoms with Crippen molar-refractivity contribution >= 4 is 0 Å². The lowest BCUT2D eigenvalue weighted by molar-refractivity contribution is 0.306. The first-order valence-corrected chi connectivity index (χ1v) is 7.98. The van der Waals surface area contributed by atoms with E-state index in [-0.39, 0.29) is 0 Å². The second-order valence-corrected chi connectivity index (χ2v) is 5.99. The van der Waals surface area contributed by atoms with Gasteiger partial charge in [-0.15, -0.1) is 0 Å². The molecule has 4 heteroatoms. The lowest BCUT2D eigenvalue weighted by Gasteiger charge is -2.06. The van der Waals surface area contributed by atoms with Crippen LogP contribution >= 0.6 is 0 Å². The fraction of sp³-hybridized carbons (Fsp3) is 0.263. The van der Waals surface area contributed by atoms with Crippen molar-refractivity contribution in [2.75, 3.05) is 0 Å². The van der Waals surface area contributed by atoms with E-state index in [0.29, 0.717) is 12.5 Å². The van der Waals surface area contributed by atoms with E-state index in [1.54, 1.807) is 0 Å². The molecule has 3 aromatic rings. The topological polar surface area (TPSA) is 39.9 Å². The average molecular weight is 305 g/mol. The third kappa shape index (κ3) is 3.11. The average Bonchev–Trinajstić information content (AvgIpc) is 3.37. The van der Waals surface area contributed by atoms with Gasteiger partial charge in [-0.25, -0.2) is 4.98 Å². The van der Waals surface area contributed by atoms with Gasteiger partial charge in [0, 0.05) is 18.5 Å². The normalized spacial score (nSPS) is 14.0. The molecule has 23 heavy (non-hydrogen) atoms. The van der Waals surface area contributed by atoms with Crippen molar-refractivity contribution in [3.8, 4) is 17.1 Å². The van der Waals surface area contributed by atoms with Crippen LogP contribution in [-0.2, 0) is 13.7 Å². The molecule has 0 saturated heterocycles. The number of benzene rings is 2. The SMILES string of the molecule is Cn1nc(-c2ccc(OCc3ccccc3)cc2)nc1C1CC1. The summed E-state index contributed by atoms with van der Waals surface area (Å²) in [6.07, 6.45) is 2.47. The largest absolute Gasteiger partial charge is 0.489 e. The summed E-state index contributed by atoms with van der Waals surface area (Å²) in [5, 5.41) is 4.53. The zero-order chi connectivity index (χ0) is 15.6. The van der Waals surface area contributed by atoms with Gasteiger partial charge in [0.05, 0.1) is 0 Å². The molecule has 0 bridgehead atoms. The quantitative estimate of drug-likeness (QED) is 0.717. The molecule has 4 nitrogen and oxygen atoms in total. The van der Waals surface area contributed by atoms with Gasteiger partial charge < -0.3 is 4.74 Å². The summed E-state index contributed by atoms with van der Waals surface area (Å²) in [5.41, 5.74) is 2.19. The van der Waals surface area contributed by atoms with Crippen molar-refractivity contribution in [3.63, 3.8) is 0 Å². The Hall–Kier alpha value is -2.62. The minimum absolute atomic E-state index is 0.577. The molecule has 1 aromatic heterocycles. The van der Waals surface area contributed by atoms with Crippen LogP contribution in [0.5, 0.6) is 5.75 Å². The van der Waals surface area contributed by atoms with Crippen LogP contribution < -0.4 is 4.74 Å². The lowest BCUT2D eigenvalue weighted by Crippen LogP contribution is -1.96.